The summed E-state index contributed by atoms with van der Waals surface area (Å²) in [5.41, 5.74) is 0. The van der Waals surface area contributed by atoms with Gasteiger partial charge in [-0.2, -0.15) is 4.98 Å². The first-order valence-electron chi connectivity index (χ1n) is 6.24. The maximum absolute atomic E-state index is 5.92. The molecule has 0 radical (unpaired) electrons. The van der Waals surface area contributed by atoms with Crippen molar-refractivity contribution < 1.29 is 0 Å². The minimum absolute atomic E-state index is 0.468. The molecule has 2 N–H and O–H groups in total. The molecular weight excluding hydrogens is 236 g/mol. The fourth-order valence-corrected chi connectivity index (χ4v) is 2.44. The summed E-state index contributed by atoms with van der Waals surface area (Å²) in [4.78, 5) is 8.49. The van der Waals surface area contributed by atoms with E-state index in [2.05, 4.69) is 20.6 Å². The van der Waals surface area contributed by atoms with Crippen molar-refractivity contribution in [1.82, 2.24) is 9.97 Å². The van der Waals surface area contributed by atoms with Gasteiger partial charge in [0.2, 0.25) is 5.95 Å². The smallest absolute Gasteiger partial charge is 0.226 e. The van der Waals surface area contributed by atoms with Gasteiger partial charge in [-0.05, 0) is 18.8 Å². The van der Waals surface area contributed by atoms with Gasteiger partial charge < -0.3 is 10.6 Å². The number of aromatic nitrogens is 2. The Morgan fingerprint density at radius 2 is 2.06 bits per heavy atom. The first kappa shape index (κ1) is 12.4. The Bertz CT molecular complexity index is 364. The first-order valence-corrected chi connectivity index (χ1v) is 6.62. The summed E-state index contributed by atoms with van der Waals surface area (Å²) in [6, 6.07) is 1.72. The predicted molar refractivity (Wildman–Crippen MR) is 71.7 cm³/mol. The van der Waals surface area contributed by atoms with Crippen molar-refractivity contribution in [2.75, 3.05) is 24.2 Å². The highest BCUT2D eigenvalue weighted by molar-refractivity contribution is 6.29. The number of halogens is 1. The van der Waals surface area contributed by atoms with Gasteiger partial charge in [0.15, 0.2) is 0 Å². The average Bonchev–Trinajstić information content (AvgIpc) is 2.37. The van der Waals surface area contributed by atoms with E-state index in [1.54, 1.807) is 6.07 Å². The molecule has 5 heteroatoms. The molecule has 4 nitrogen and oxygen atoms in total. The lowest BCUT2D eigenvalue weighted by atomic mass is 9.89. The van der Waals surface area contributed by atoms with E-state index >= 15 is 0 Å². The number of nitrogens with zero attached hydrogens (tertiary/aromatic N) is 2. The van der Waals surface area contributed by atoms with Crippen LogP contribution in [0, 0.1) is 5.92 Å². The molecule has 0 bridgehead atoms. The van der Waals surface area contributed by atoms with Gasteiger partial charge >= 0.3 is 0 Å². The summed E-state index contributed by atoms with van der Waals surface area (Å²) in [6.07, 6.45) is 6.71. The van der Waals surface area contributed by atoms with Crippen LogP contribution in [-0.4, -0.2) is 23.6 Å². The molecule has 1 aromatic heterocycles. The Labute approximate surface area is 107 Å². The number of rotatable bonds is 4. The highest BCUT2D eigenvalue weighted by Gasteiger charge is 2.13. The van der Waals surface area contributed by atoms with Crippen LogP contribution in [0.5, 0.6) is 0 Å². The second-order valence-corrected chi connectivity index (χ2v) is 4.92. The maximum atomic E-state index is 5.92. The Balaban J connectivity index is 1.91. The van der Waals surface area contributed by atoms with Crippen LogP contribution in [0.4, 0.5) is 11.8 Å². The Morgan fingerprint density at radius 1 is 1.29 bits per heavy atom. The van der Waals surface area contributed by atoms with Gasteiger partial charge in [-0.1, -0.05) is 30.9 Å². The molecular formula is C12H19ClN4. The summed E-state index contributed by atoms with van der Waals surface area (Å²) >= 11 is 5.92. The molecule has 94 valence electrons. The monoisotopic (exact) mass is 254 g/mol. The molecule has 1 heterocycles. The Kier molecular flexibility index (Phi) is 4.42. The van der Waals surface area contributed by atoms with Crippen molar-refractivity contribution in [2.24, 2.45) is 5.92 Å². The van der Waals surface area contributed by atoms with Gasteiger partial charge in [0.25, 0.3) is 0 Å². The SMILES string of the molecule is CNc1cc(Cl)nc(NCC2CCCCC2)n1. The zero-order chi connectivity index (χ0) is 12.1. The maximum Gasteiger partial charge on any atom is 0.226 e. The lowest BCUT2D eigenvalue weighted by Crippen LogP contribution is -2.18. The van der Waals surface area contributed by atoms with Gasteiger partial charge in [-0.15, -0.1) is 0 Å². The number of hydrogen-bond donors (Lipinski definition) is 2. The predicted octanol–water partition coefficient (Wildman–Crippen LogP) is 3.16. The van der Waals surface area contributed by atoms with Gasteiger partial charge in [0, 0.05) is 19.7 Å². The fourth-order valence-electron chi connectivity index (χ4n) is 2.25. The third-order valence-corrected chi connectivity index (χ3v) is 3.42. The molecule has 0 saturated heterocycles. The van der Waals surface area contributed by atoms with Gasteiger partial charge in [0.1, 0.15) is 11.0 Å². The van der Waals surface area contributed by atoms with Crippen LogP contribution in [0.2, 0.25) is 5.15 Å². The zero-order valence-corrected chi connectivity index (χ0v) is 10.9. The van der Waals surface area contributed by atoms with Crippen molar-refractivity contribution in [3.63, 3.8) is 0 Å². The van der Waals surface area contributed by atoms with E-state index in [4.69, 9.17) is 11.6 Å². The molecule has 0 aromatic carbocycles. The highest BCUT2D eigenvalue weighted by Crippen LogP contribution is 2.24. The minimum atomic E-state index is 0.468. The van der Waals surface area contributed by atoms with Crippen LogP contribution < -0.4 is 10.6 Å². The van der Waals surface area contributed by atoms with E-state index in [1.165, 1.54) is 32.1 Å². The lowest BCUT2D eigenvalue weighted by molar-refractivity contribution is 0.373. The van der Waals surface area contributed by atoms with E-state index < -0.39 is 0 Å². The van der Waals surface area contributed by atoms with Crippen molar-refractivity contribution >= 4 is 23.4 Å². The van der Waals surface area contributed by atoms with Gasteiger partial charge in [0.05, 0.1) is 0 Å². The summed E-state index contributed by atoms with van der Waals surface area (Å²) in [6.45, 7) is 0.948. The van der Waals surface area contributed by atoms with Gasteiger partial charge in [-0.3, -0.25) is 0 Å². The lowest BCUT2D eigenvalue weighted by Gasteiger charge is -2.21. The van der Waals surface area contributed by atoms with E-state index in [-0.39, 0.29) is 0 Å². The summed E-state index contributed by atoms with van der Waals surface area (Å²) < 4.78 is 0. The van der Waals surface area contributed by atoms with Crippen LogP contribution in [0.15, 0.2) is 6.07 Å². The zero-order valence-electron chi connectivity index (χ0n) is 10.2. The molecule has 1 aliphatic rings. The number of hydrogen-bond acceptors (Lipinski definition) is 4. The topological polar surface area (TPSA) is 49.8 Å². The van der Waals surface area contributed by atoms with Crippen molar-refractivity contribution in [1.29, 1.82) is 0 Å². The normalized spacial score (nSPS) is 16.8. The van der Waals surface area contributed by atoms with E-state index in [0.29, 0.717) is 11.1 Å². The second kappa shape index (κ2) is 6.05. The van der Waals surface area contributed by atoms with Gasteiger partial charge in [-0.25, -0.2) is 4.98 Å². The van der Waals surface area contributed by atoms with Crippen molar-refractivity contribution in [2.45, 2.75) is 32.1 Å². The van der Waals surface area contributed by atoms with Crippen LogP contribution in [0.1, 0.15) is 32.1 Å². The van der Waals surface area contributed by atoms with E-state index in [9.17, 15) is 0 Å². The third kappa shape index (κ3) is 3.73. The fraction of sp³-hybridized carbons (Fsp3) is 0.667. The molecule has 0 unspecified atom stereocenters. The molecule has 1 aliphatic carbocycles. The average molecular weight is 255 g/mol. The van der Waals surface area contributed by atoms with Crippen molar-refractivity contribution in [3.05, 3.63) is 11.2 Å². The van der Waals surface area contributed by atoms with E-state index in [0.717, 1.165) is 18.3 Å². The van der Waals surface area contributed by atoms with Crippen LogP contribution in [-0.2, 0) is 0 Å². The molecule has 1 fully saturated rings. The molecule has 0 amide bonds. The number of nitrogens with one attached hydrogen (secondary N) is 2. The first-order chi connectivity index (χ1) is 8.28. The van der Waals surface area contributed by atoms with Crippen molar-refractivity contribution in [3.8, 4) is 0 Å². The summed E-state index contributed by atoms with van der Waals surface area (Å²) in [7, 11) is 1.82. The molecule has 17 heavy (non-hydrogen) atoms. The molecule has 2 rings (SSSR count). The Morgan fingerprint density at radius 3 is 2.76 bits per heavy atom. The standard InChI is InChI=1S/C12H19ClN4/c1-14-11-7-10(13)16-12(17-11)15-8-9-5-3-2-4-6-9/h7,9H,2-6,8H2,1H3,(H2,14,15,16,17). The summed E-state index contributed by atoms with van der Waals surface area (Å²) in [5, 5.41) is 6.72. The third-order valence-electron chi connectivity index (χ3n) is 3.22. The molecule has 1 saturated carbocycles. The molecule has 0 aliphatic heterocycles. The number of anilines is 2. The van der Waals surface area contributed by atoms with Crippen LogP contribution in [0.25, 0.3) is 0 Å². The van der Waals surface area contributed by atoms with Crippen LogP contribution in [0.3, 0.4) is 0 Å². The minimum Gasteiger partial charge on any atom is -0.373 e. The highest BCUT2D eigenvalue weighted by atomic mass is 35.5. The second-order valence-electron chi connectivity index (χ2n) is 4.53. The summed E-state index contributed by atoms with van der Waals surface area (Å²) in [5.74, 6) is 2.12. The molecule has 1 aromatic rings. The van der Waals surface area contributed by atoms with Crippen LogP contribution >= 0.6 is 11.6 Å². The quantitative estimate of drug-likeness (QED) is 0.811. The molecule has 0 spiro atoms. The largest absolute Gasteiger partial charge is 0.373 e. The Hall–Kier alpha value is -1.03. The van der Waals surface area contributed by atoms with E-state index in [1.807, 2.05) is 7.05 Å². The molecule has 0 atom stereocenters.